The minimum Gasteiger partial charge on any atom is -0.315 e. The maximum Gasteiger partial charge on any atom is 0.0312 e. The normalized spacial score (nSPS) is 24.2. The van der Waals surface area contributed by atoms with Gasteiger partial charge in [0.15, 0.2) is 0 Å². The Kier molecular flexibility index (Phi) is 2.65. The monoisotopic (exact) mass is 217 g/mol. The molecule has 0 aliphatic carbocycles. The van der Waals surface area contributed by atoms with Gasteiger partial charge in [-0.05, 0) is 31.0 Å². The third kappa shape index (κ3) is 1.97. The van der Waals surface area contributed by atoms with Crippen molar-refractivity contribution in [2.75, 3.05) is 26.2 Å². The molecule has 2 aliphatic heterocycles. The van der Waals surface area contributed by atoms with Crippen LogP contribution in [0.1, 0.15) is 18.4 Å². The molecule has 0 atom stereocenters. The first-order valence-electron chi connectivity index (χ1n) is 6.18. The maximum absolute atomic E-state index is 4.18. The number of nitrogens with one attached hydrogen (secondary N) is 1. The van der Waals surface area contributed by atoms with Crippen LogP contribution < -0.4 is 5.32 Å². The topological polar surface area (TPSA) is 28.2 Å². The molecule has 1 N–H and O–H groups in total. The van der Waals surface area contributed by atoms with Gasteiger partial charge in [0.2, 0.25) is 0 Å². The van der Waals surface area contributed by atoms with Crippen LogP contribution >= 0.6 is 0 Å². The summed E-state index contributed by atoms with van der Waals surface area (Å²) in [6.07, 6.45) is 6.59. The quantitative estimate of drug-likeness (QED) is 0.808. The molecule has 0 bridgehead atoms. The fourth-order valence-corrected chi connectivity index (χ4v) is 2.96. The second-order valence-corrected chi connectivity index (χ2v) is 5.28. The van der Waals surface area contributed by atoms with Crippen LogP contribution in [0.25, 0.3) is 0 Å². The molecule has 0 saturated carbocycles. The van der Waals surface area contributed by atoms with Gasteiger partial charge in [-0.15, -0.1) is 0 Å². The van der Waals surface area contributed by atoms with Crippen LogP contribution in [0.5, 0.6) is 0 Å². The highest BCUT2D eigenvalue weighted by molar-refractivity contribution is 5.09. The van der Waals surface area contributed by atoms with E-state index in [4.69, 9.17) is 0 Å². The van der Waals surface area contributed by atoms with Crippen molar-refractivity contribution in [2.24, 2.45) is 5.41 Å². The molecule has 86 valence electrons. The lowest BCUT2D eigenvalue weighted by Crippen LogP contribution is -2.60. The molecule has 3 heteroatoms. The van der Waals surface area contributed by atoms with Crippen LogP contribution in [0.3, 0.4) is 0 Å². The van der Waals surface area contributed by atoms with E-state index in [1.807, 2.05) is 18.5 Å². The lowest BCUT2D eigenvalue weighted by atomic mass is 9.75. The molecule has 1 aromatic heterocycles. The van der Waals surface area contributed by atoms with Crippen LogP contribution in [0, 0.1) is 5.41 Å². The SMILES string of the molecule is c1cncc(CN2CCCC3(CNC3)C2)c1. The molecule has 2 fully saturated rings. The van der Waals surface area contributed by atoms with Crippen molar-refractivity contribution < 1.29 is 0 Å². The van der Waals surface area contributed by atoms with Crippen molar-refractivity contribution in [2.45, 2.75) is 19.4 Å². The molecular weight excluding hydrogens is 198 g/mol. The van der Waals surface area contributed by atoms with Crippen molar-refractivity contribution in [3.8, 4) is 0 Å². The highest BCUT2D eigenvalue weighted by Crippen LogP contribution is 2.33. The first kappa shape index (κ1) is 10.2. The van der Waals surface area contributed by atoms with Crippen molar-refractivity contribution in [3.63, 3.8) is 0 Å². The molecule has 0 aromatic carbocycles. The lowest BCUT2D eigenvalue weighted by molar-refractivity contribution is 0.0375. The van der Waals surface area contributed by atoms with Gasteiger partial charge in [0.25, 0.3) is 0 Å². The van der Waals surface area contributed by atoms with Crippen molar-refractivity contribution in [1.29, 1.82) is 0 Å². The molecule has 0 amide bonds. The Labute approximate surface area is 96.9 Å². The van der Waals surface area contributed by atoms with E-state index < -0.39 is 0 Å². The summed E-state index contributed by atoms with van der Waals surface area (Å²) in [5, 5.41) is 3.42. The molecular formula is C13H19N3. The Morgan fingerprint density at radius 1 is 1.44 bits per heavy atom. The van der Waals surface area contributed by atoms with E-state index in [-0.39, 0.29) is 0 Å². The number of pyridine rings is 1. The molecule has 0 radical (unpaired) electrons. The molecule has 3 heterocycles. The van der Waals surface area contributed by atoms with Crippen LogP contribution in [0.2, 0.25) is 0 Å². The highest BCUT2D eigenvalue weighted by Gasteiger charge is 2.40. The van der Waals surface area contributed by atoms with E-state index >= 15 is 0 Å². The molecule has 0 unspecified atom stereocenters. The van der Waals surface area contributed by atoms with Crippen LogP contribution in [0.4, 0.5) is 0 Å². The largest absolute Gasteiger partial charge is 0.315 e. The summed E-state index contributed by atoms with van der Waals surface area (Å²) in [4.78, 5) is 6.77. The van der Waals surface area contributed by atoms with Crippen LogP contribution in [0.15, 0.2) is 24.5 Å². The van der Waals surface area contributed by atoms with E-state index in [1.54, 1.807) is 0 Å². The minimum atomic E-state index is 0.598. The summed E-state index contributed by atoms with van der Waals surface area (Å²) < 4.78 is 0. The first-order chi connectivity index (χ1) is 7.86. The van der Waals surface area contributed by atoms with Crippen LogP contribution in [-0.4, -0.2) is 36.1 Å². The summed E-state index contributed by atoms with van der Waals surface area (Å²) >= 11 is 0. The van der Waals surface area contributed by atoms with Crippen molar-refractivity contribution in [3.05, 3.63) is 30.1 Å². The maximum atomic E-state index is 4.18. The van der Waals surface area contributed by atoms with Gasteiger partial charge in [-0.2, -0.15) is 0 Å². The van der Waals surface area contributed by atoms with Crippen molar-refractivity contribution in [1.82, 2.24) is 15.2 Å². The fourth-order valence-electron chi connectivity index (χ4n) is 2.96. The molecule has 1 aromatic rings. The smallest absolute Gasteiger partial charge is 0.0312 e. The van der Waals surface area contributed by atoms with E-state index in [0.29, 0.717) is 5.41 Å². The molecule has 2 saturated heterocycles. The predicted octanol–water partition coefficient (Wildman–Crippen LogP) is 1.27. The summed E-state index contributed by atoms with van der Waals surface area (Å²) in [5.74, 6) is 0. The number of piperidine rings is 1. The minimum absolute atomic E-state index is 0.598. The van der Waals surface area contributed by atoms with E-state index in [1.165, 1.54) is 44.6 Å². The first-order valence-corrected chi connectivity index (χ1v) is 6.18. The van der Waals surface area contributed by atoms with Gasteiger partial charge >= 0.3 is 0 Å². The number of nitrogens with zero attached hydrogens (tertiary/aromatic N) is 2. The van der Waals surface area contributed by atoms with Gasteiger partial charge in [-0.3, -0.25) is 9.88 Å². The lowest BCUT2D eigenvalue weighted by Gasteiger charge is -2.49. The summed E-state index contributed by atoms with van der Waals surface area (Å²) in [5.41, 5.74) is 1.94. The molecule has 2 aliphatic rings. The van der Waals surface area contributed by atoms with Gasteiger partial charge in [-0.25, -0.2) is 0 Å². The standard InChI is InChI=1S/C13H19N3/c1-3-12(7-14-5-1)8-16-6-2-4-13(11-16)9-15-10-13/h1,3,5,7,15H,2,4,6,8-11H2. The Hall–Kier alpha value is -0.930. The van der Waals surface area contributed by atoms with Gasteiger partial charge in [0, 0.05) is 44.0 Å². The average molecular weight is 217 g/mol. The second-order valence-electron chi connectivity index (χ2n) is 5.28. The van der Waals surface area contributed by atoms with Gasteiger partial charge < -0.3 is 5.32 Å². The third-order valence-electron chi connectivity index (χ3n) is 3.87. The fraction of sp³-hybridized carbons (Fsp3) is 0.615. The number of hydrogen-bond acceptors (Lipinski definition) is 3. The molecule has 1 spiro atoms. The Balaban J connectivity index is 1.63. The van der Waals surface area contributed by atoms with Gasteiger partial charge in [0.1, 0.15) is 0 Å². The van der Waals surface area contributed by atoms with E-state index in [0.717, 1.165) is 6.54 Å². The summed E-state index contributed by atoms with van der Waals surface area (Å²) in [6, 6.07) is 4.20. The van der Waals surface area contributed by atoms with Crippen molar-refractivity contribution >= 4 is 0 Å². The number of rotatable bonds is 2. The summed E-state index contributed by atoms with van der Waals surface area (Å²) in [6.45, 7) is 6.01. The summed E-state index contributed by atoms with van der Waals surface area (Å²) in [7, 11) is 0. The molecule has 16 heavy (non-hydrogen) atoms. The van der Waals surface area contributed by atoms with E-state index in [2.05, 4.69) is 21.3 Å². The Morgan fingerprint density at radius 3 is 3.06 bits per heavy atom. The average Bonchev–Trinajstić information content (AvgIpc) is 2.29. The second kappa shape index (κ2) is 4.15. The van der Waals surface area contributed by atoms with E-state index in [9.17, 15) is 0 Å². The van der Waals surface area contributed by atoms with Gasteiger partial charge in [0.05, 0.1) is 0 Å². The number of aromatic nitrogens is 1. The predicted molar refractivity (Wildman–Crippen MR) is 64.1 cm³/mol. The third-order valence-corrected chi connectivity index (χ3v) is 3.87. The van der Waals surface area contributed by atoms with Gasteiger partial charge in [-0.1, -0.05) is 6.07 Å². The Bertz CT molecular complexity index is 345. The van der Waals surface area contributed by atoms with Crippen LogP contribution in [-0.2, 0) is 6.54 Å². The highest BCUT2D eigenvalue weighted by atomic mass is 15.2. The molecule has 3 nitrogen and oxygen atoms in total. The molecule has 3 rings (SSSR count). The Morgan fingerprint density at radius 2 is 2.38 bits per heavy atom. The number of likely N-dealkylation sites (tertiary alicyclic amines) is 1. The zero-order valence-corrected chi connectivity index (χ0v) is 9.65. The zero-order valence-electron chi connectivity index (χ0n) is 9.65. The number of hydrogen-bond donors (Lipinski definition) is 1. The zero-order chi connectivity index (χ0) is 10.8.